The van der Waals surface area contributed by atoms with Gasteiger partial charge in [0.25, 0.3) is 12.3 Å². The Bertz CT molecular complexity index is 1120. The summed E-state index contributed by atoms with van der Waals surface area (Å²) in [7, 11) is 0. The number of anilines is 1. The van der Waals surface area contributed by atoms with Crippen molar-refractivity contribution in [2.45, 2.75) is 58.0 Å². The summed E-state index contributed by atoms with van der Waals surface area (Å²) in [4.78, 5) is 22.1. The summed E-state index contributed by atoms with van der Waals surface area (Å²) >= 11 is 0. The molecule has 0 aromatic carbocycles. The first-order chi connectivity index (χ1) is 15.5. The van der Waals surface area contributed by atoms with E-state index in [0.717, 1.165) is 59.8 Å². The molecule has 1 amide bonds. The fraction of sp³-hybridized carbons (Fsp3) is 0.545. The van der Waals surface area contributed by atoms with Gasteiger partial charge in [-0.25, -0.2) is 18.3 Å². The fourth-order valence-electron chi connectivity index (χ4n) is 4.78. The van der Waals surface area contributed by atoms with Crippen LogP contribution in [-0.4, -0.2) is 61.2 Å². The van der Waals surface area contributed by atoms with E-state index in [1.807, 2.05) is 19.2 Å². The maximum Gasteiger partial charge on any atom is 0.274 e. The molecular formula is C22H27F2N7O. The Morgan fingerprint density at radius 1 is 1.16 bits per heavy atom. The van der Waals surface area contributed by atoms with Gasteiger partial charge in [0.05, 0.1) is 11.7 Å². The Morgan fingerprint density at radius 3 is 2.72 bits per heavy atom. The minimum Gasteiger partial charge on any atom is -0.356 e. The Balaban J connectivity index is 1.42. The topological polar surface area (TPSA) is 71.6 Å². The van der Waals surface area contributed by atoms with Crippen molar-refractivity contribution in [2.24, 2.45) is 0 Å². The Kier molecular flexibility index (Phi) is 5.52. The van der Waals surface area contributed by atoms with Gasteiger partial charge in [0.1, 0.15) is 18.1 Å². The van der Waals surface area contributed by atoms with E-state index in [-0.39, 0.29) is 17.6 Å². The van der Waals surface area contributed by atoms with Crippen molar-refractivity contribution in [3.05, 3.63) is 41.5 Å². The van der Waals surface area contributed by atoms with Crippen LogP contribution in [0.3, 0.4) is 0 Å². The third-order valence-corrected chi connectivity index (χ3v) is 6.32. The molecule has 2 aliphatic rings. The van der Waals surface area contributed by atoms with Crippen LogP contribution in [0, 0.1) is 6.92 Å². The Hall–Kier alpha value is -3.04. The fourth-order valence-corrected chi connectivity index (χ4v) is 4.78. The van der Waals surface area contributed by atoms with Crippen molar-refractivity contribution >= 4 is 17.4 Å². The van der Waals surface area contributed by atoms with Crippen LogP contribution in [0.5, 0.6) is 0 Å². The molecular weight excluding hydrogens is 416 g/mol. The van der Waals surface area contributed by atoms with Gasteiger partial charge in [-0.3, -0.25) is 9.48 Å². The second-order valence-electron chi connectivity index (χ2n) is 8.64. The van der Waals surface area contributed by atoms with Gasteiger partial charge in [0.2, 0.25) is 0 Å². The van der Waals surface area contributed by atoms with Gasteiger partial charge < -0.3 is 9.80 Å². The van der Waals surface area contributed by atoms with E-state index in [2.05, 4.69) is 10.00 Å². The summed E-state index contributed by atoms with van der Waals surface area (Å²) in [5.41, 5.74) is 2.84. The molecule has 0 bridgehead atoms. The molecule has 0 aliphatic carbocycles. The average molecular weight is 444 g/mol. The minimum atomic E-state index is -2.51. The molecule has 3 aromatic rings. The first kappa shape index (κ1) is 20.8. The van der Waals surface area contributed by atoms with Crippen molar-refractivity contribution in [1.29, 1.82) is 0 Å². The van der Waals surface area contributed by atoms with Gasteiger partial charge in [-0.2, -0.15) is 10.2 Å². The first-order valence-corrected chi connectivity index (χ1v) is 11.2. The van der Waals surface area contributed by atoms with Crippen LogP contribution in [0.4, 0.5) is 14.6 Å². The minimum absolute atomic E-state index is 0.186. The van der Waals surface area contributed by atoms with Crippen LogP contribution in [-0.2, 0) is 6.54 Å². The molecule has 1 unspecified atom stereocenters. The smallest absolute Gasteiger partial charge is 0.274 e. The van der Waals surface area contributed by atoms with E-state index in [1.165, 1.54) is 25.1 Å². The number of alkyl halides is 2. The predicted molar refractivity (Wildman–Crippen MR) is 115 cm³/mol. The number of hydrogen-bond donors (Lipinski definition) is 0. The number of fused-ring (bicyclic) bond motifs is 1. The normalized spacial score (nSPS) is 19.4. The van der Waals surface area contributed by atoms with E-state index >= 15 is 0 Å². The zero-order valence-electron chi connectivity index (χ0n) is 18.1. The highest BCUT2D eigenvalue weighted by molar-refractivity contribution is 5.92. The molecule has 0 N–H and O–H groups in total. The number of likely N-dealkylation sites (tertiary alicyclic amines) is 1. The molecule has 2 saturated heterocycles. The molecule has 2 fully saturated rings. The summed E-state index contributed by atoms with van der Waals surface area (Å²) in [6.07, 6.45) is 5.96. The van der Waals surface area contributed by atoms with E-state index in [1.54, 1.807) is 9.42 Å². The molecule has 0 spiro atoms. The van der Waals surface area contributed by atoms with Gasteiger partial charge in [0.15, 0.2) is 5.65 Å². The van der Waals surface area contributed by atoms with E-state index < -0.39 is 13.0 Å². The SMILES string of the molecule is Cc1cn2nc(C3CCCCN3C(=O)c3ccn(CC(F)F)n3)cc2nc1N1CCCC1. The number of carbonyl (C=O) groups excluding carboxylic acids is 1. The molecule has 2 aliphatic heterocycles. The third-order valence-electron chi connectivity index (χ3n) is 6.32. The van der Waals surface area contributed by atoms with Crippen molar-refractivity contribution < 1.29 is 13.6 Å². The molecule has 32 heavy (non-hydrogen) atoms. The number of aryl methyl sites for hydroxylation is 1. The van der Waals surface area contributed by atoms with E-state index in [4.69, 9.17) is 10.1 Å². The summed E-state index contributed by atoms with van der Waals surface area (Å²) in [5.74, 6) is 0.754. The number of aromatic nitrogens is 5. The molecule has 1 atom stereocenters. The standard InChI is InChI=1S/C22H27F2N7O/c1-15-13-31-20(25-21(15)28-8-4-5-9-28)12-17(27-31)18-6-2-3-10-30(18)22(32)16-7-11-29(26-16)14-19(23)24/h7,11-13,18-19H,2-6,8-10,14H2,1H3. The molecule has 0 radical (unpaired) electrons. The summed E-state index contributed by atoms with van der Waals surface area (Å²) < 4.78 is 28.2. The number of piperidine rings is 1. The van der Waals surface area contributed by atoms with Crippen LogP contribution in [0.2, 0.25) is 0 Å². The van der Waals surface area contributed by atoms with Gasteiger partial charge >= 0.3 is 0 Å². The Morgan fingerprint density at radius 2 is 1.94 bits per heavy atom. The highest BCUT2D eigenvalue weighted by Gasteiger charge is 2.32. The zero-order valence-corrected chi connectivity index (χ0v) is 18.1. The number of halogens is 2. The van der Waals surface area contributed by atoms with Crippen LogP contribution in [0.15, 0.2) is 24.5 Å². The molecule has 170 valence electrons. The summed E-state index contributed by atoms with van der Waals surface area (Å²) in [6, 6.07) is 3.28. The van der Waals surface area contributed by atoms with Crippen LogP contribution >= 0.6 is 0 Å². The van der Waals surface area contributed by atoms with Gasteiger partial charge in [-0.1, -0.05) is 0 Å². The van der Waals surface area contributed by atoms with Gasteiger partial charge in [-0.15, -0.1) is 0 Å². The van der Waals surface area contributed by atoms with Crippen LogP contribution in [0.25, 0.3) is 5.65 Å². The maximum atomic E-state index is 13.2. The molecule has 3 aromatic heterocycles. The van der Waals surface area contributed by atoms with Crippen LogP contribution in [0.1, 0.15) is 59.9 Å². The largest absolute Gasteiger partial charge is 0.356 e. The van der Waals surface area contributed by atoms with Crippen molar-refractivity contribution in [1.82, 2.24) is 29.3 Å². The number of carbonyl (C=O) groups is 1. The lowest BCUT2D eigenvalue weighted by Crippen LogP contribution is -2.39. The second kappa shape index (κ2) is 8.48. The predicted octanol–water partition coefficient (Wildman–Crippen LogP) is 3.47. The second-order valence-corrected chi connectivity index (χ2v) is 8.64. The number of rotatable bonds is 5. The molecule has 5 rings (SSSR count). The van der Waals surface area contributed by atoms with E-state index in [9.17, 15) is 13.6 Å². The lowest BCUT2D eigenvalue weighted by molar-refractivity contribution is 0.0596. The van der Waals surface area contributed by atoms with Crippen LogP contribution < -0.4 is 4.90 Å². The first-order valence-electron chi connectivity index (χ1n) is 11.2. The maximum absolute atomic E-state index is 13.2. The number of hydrogen-bond acceptors (Lipinski definition) is 5. The number of amides is 1. The summed E-state index contributed by atoms with van der Waals surface area (Å²) in [5, 5.41) is 8.82. The number of nitrogens with zero attached hydrogens (tertiary/aromatic N) is 7. The molecule has 8 nitrogen and oxygen atoms in total. The average Bonchev–Trinajstić information content (AvgIpc) is 3.53. The third kappa shape index (κ3) is 3.93. The highest BCUT2D eigenvalue weighted by atomic mass is 19.3. The lowest BCUT2D eigenvalue weighted by Gasteiger charge is -2.34. The molecule has 0 saturated carbocycles. The zero-order chi connectivity index (χ0) is 22.2. The highest BCUT2D eigenvalue weighted by Crippen LogP contribution is 2.32. The van der Waals surface area contributed by atoms with Crippen molar-refractivity contribution in [3.8, 4) is 0 Å². The van der Waals surface area contributed by atoms with Gasteiger partial charge in [-0.05, 0) is 45.1 Å². The quantitative estimate of drug-likeness (QED) is 0.604. The van der Waals surface area contributed by atoms with E-state index in [0.29, 0.717) is 6.54 Å². The monoisotopic (exact) mass is 443 g/mol. The Labute approximate surface area is 184 Å². The molecule has 5 heterocycles. The van der Waals surface area contributed by atoms with Crippen molar-refractivity contribution in [3.63, 3.8) is 0 Å². The molecule has 10 heteroatoms. The lowest BCUT2D eigenvalue weighted by atomic mass is 9.99. The summed E-state index contributed by atoms with van der Waals surface area (Å²) in [6.45, 7) is 4.16. The van der Waals surface area contributed by atoms with Crippen molar-refractivity contribution in [2.75, 3.05) is 24.5 Å². The van der Waals surface area contributed by atoms with Gasteiger partial charge in [0, 0.05) is 43.7 Å².